The van der Waals surface area contributed by atoms with E-state index in [1.54, 1.807) is 7.11 Å². The molecule has 5 nitrogen and oxygen atoms in total. The first-order chi connectivity index (χ1) is 14.2. The number of fused-ring (bicyclic) bond motifs is 1. The topological polar surface area (TPSA) is 46.6 Å². The lowest BCUT2D eigenvalue weighted by atomic mass is 10.1. The average molecular weight is 456 g/mol. The zero-order valence-corrected chi connectivity index (χ0v) is 18.4. The lowest BCUT2D eigenvalue weighted by molar-refractivity contribution is 0.0385. The summed E-state index contributed by atoms with van der Waals surface area (Å²) in [6.45, 7) is 5.37. The van der Waals surface area contributed by atoms with Gasteiger partial charge >= 0.3 is 0 Å². The molecule has 0 spiro atoms. The van der Waals surface area contributed by atoms with Crippen LogP contribution in [0.4, 0.5) is 11.5 Å². The van der Waals surface area contributed by atoms with Crippen LogP contribution in [0.1, 0.15) is 18.9 Å². The molecule has 0 bridgehead atoms. The summed E-state index contributed by atoms with van der Waals surface area (Å²) in [7, 11) is 1.68. The van der Waals surface area contributed by atoms with Crippen LogP contribution in [0.5, 0.6) is 5.75 Å². The molecule has 152 valence electrons. The van der Waals surface area contributed by atoms with E-state index in [9.17, 15) is 0 Å². The molecular weight excluding hydrogens is 430 g/mol. The Bertz CT molecular complexity index is 978. The second-order valence-electron chi connectivity index (χ2n) is 7.24. The van der Waals surface area contributed by atoms with Crippen molar-refractivity contribution < 1.29 is 9.47 Å². The number of rotatable bonds is 6. The largest absolute Gasteiger partial charge is 0.497 e. The summed E-state index contributed by atoms with van der Waals surface area (Å²) in [5.41, 5.74) is 3.29. The number of ether oxygens (including phenoxy) is 2. The molecule has 1 N–H and O–H groups in total. The molecule has 0 saturated carbocycles. The molecule has 0 aliphatic carbocycles. The van der Waals surface area contributed by atoms with Gasteiger partial charge in [-0.2, -0.15) is 0 Å². The lowest BCUT2D eigenvalue weighted by Gasteiger charge is -2.35. The summed E-state index contributed by atoms with van der Waals surface area (Å²) in [5.74, 6) is 1.77. The first-order valence-corrected chi connectivity index (χ1v) is 10.8. The zero-order chi connectivity index (χ0) is 20.2. The molecule has 0 amide bonds. The zero-order valence-electron chi connectivity index (χ0n) is 16.8. The number of morpholine rings is 1. The monoisotopic (exact) mass is 455 g/mol. The first-order valence-electron chi connectivity index (χ1n) is 10.00. The van der Waals surface area contributed by atoms with Gasteiger partial charge in [0.05, 0.1) is 31.0 Å². The van der Waals surface area contributed by atoms with Gasteiger partial charge in [-0.1, -0.05) is 35.0 Å². The first kappa shape index (κ1) is 20.0. The Labute approximate surface area is 180 Å². The Balaban J connectivity index is 1.65. The van der Waals surface area contributed by atoms with Gasteiger partial charge in [0, 0.05) is 29.5 Å². The summed E-state index contributed by atoms with van der Waals surface area (Å²) < 4.78 is 12.2. The molecule has 1 fully saturated rings. The van der Waals surface area contributed by atoms with E-state index in [1.807, 2.05) is 18.2 Å². The van der Waals surface area contributed by atoms with Gasteiger partial charge in [0.15, 0.2) is 5.82 Å². The number of nitrogens with one attached hydrogen (secondary N) is 1. The number of methoxy groups -OCH3 is 1. The van der Waals surface area contributed by atoms with Crippen molar-refractivity contribution in [2.45, 2.75) is 26.0 Å². The molecule has 1 aliphatic heterocycles. The highest BCUT2D eigenvalue weighted by molar-refractivity contribution is 9.10. The van der Waals surface area contributed by atoms with Crippen molar-refractivity contribution >= 4 is 38.3 Å². The normalized spacial score (nSPS) is 16.8. The molecular formula is C23H26BrN3O2. The van der Waals surface area contributed by atoms with Crippen LogP contribution in [-0.4, -0.2) is 37.9 Å². The summed E-state index contributed by atoms with van der Waals surface area (Å²) in [4.78, 5) is 7.34. The van der Waals surface area contributed by atoms with Gasteiger partial charge < -0.3 is 19.7 Å². The average Bonchev–Trinajstić information content (AvgIpc) is 2.77. The molecule has 1 unspecified atom stereocenters. The minimum absolute atomic E-state index is 0.261. The maximum atomic E-state index is 5.87. The smallest absolute Gasteiger partial charge is 0.150 e. The maximum Gasteiger partial charge on any atom is 0.150 e. The van der Waals surface area contributed by atoms with E-state index in [1.165, 1.54) is 5.56 Å². The van der Waals surface area contributed by atoms with Crippen molar-refractivity contribution in [3.8, 4) is 5.75 Å². The molecule has 1 saturated heterocycles. The summed E-state index contributed by atoms with van der Waals surface area (Å²) >= 11 is 3.58. The van der Waals surface area contributed by atoms with Crippen LogP contribution in [0.3, 0.4) is 0 Å². The van der Waals surface area contributed by atoms with E-state index in [-0.39, 0.29) is 6.10 Å². The third-order valence-corrected chi connectivity index (χ3v) is 5.80. The van der Waals surface area contributed by atoms with Crippen LogP contribution in [0.15, 0.2) is 53.0 Å². The van der Waals surface area contributed by atoms with Gasteiger partial charge in [-0.25, -0.2) is 4.98 Å². The minimum atomic E-state index is 0.261. The number of pyridine rings is 1. The number of hydrogen-bond donors (Lipinski definition) is 1. The summed E-state index contributed by atoms with van der Waals surface area (Å²) in [6.07, 6.45) is 1.27. The molecule has 0 radical (unpaired) electrons. The minimum Gasteiger partial charge on any atom is -0.497 e. The Kier molecular flexibility index (Phi) is 6.21. The fourth-order valence-electron chi connectivity index (χ4n) is 3.62. The van der Waals surface area contributed by atoms with E-state index in [0.717, 1.165) is 58.7 Å². The number of hydrogen-bond acceptors (Lipinski definition) is 5. The van der Waals surface area contributed by atoms with Gasteiger partial charge in [0.1, 0.15) is 5.75 Å². The van der Waals surface area contributed by atoms with E-state index in [4.69, 9.17) is 14.5 Å². The number of anilines is 2. The Morgan fingerprint density at radius 3 is 2.79 bits per heavy atom. The van der Waals surface area contributed by atoms with Crippen molar-refractivity contribution in [1.82, 2.24) is 4.98 Å². The highest BCUT2D eigenvalue weighted by Crippen LogP contribution is 2.32. The summed E-state index contributed by atoms with van der Waals surface area (Å²) in [6, 6.07) is 16.6. The second kappa shape index (κ2) is 9.01. The second-order valence-corrected chi connectivity index (χ2v) is 8.16. The molecule has 1 aromatic heterocycles. The van der Waals surface area contributed by atoms with Crippen molar-refractivity contribution in [3.63, 3.8) is 0 Å². The van der Waals surface area contributed by atoms with Crippen LogP contribution >= 0.6 is 15.9 Å². The number of benzene rings is 2. The molecule has 2 heterocycles. The maximum absolute atomic E-state index is 5.87. The Morgan fingerprint density at radius 2 is 2.03 bits per heavy atom. The molecule has 2 aromatic carbocycles. The van der Waals surface area contributed by atoms with Crippen LogP contribution in [0.2, 0.25) is 0 Å². The SMILES string of the molecule is CCC1CN(c2cc3cc(Br)ccc3nc2NCc2ccc(OC)cc2)CCO1. The highest BCUT2D eigenvalue weighted by atomic mass is 79.9. The van der Waals surface area contributed by atoms with Crippen LogP contribution in [0.25, 0.3) is 10.9 Å². The molecule has 1 aliphatic rings. The third kappa shape index (κ3) is 4.65. The van der Waals surface area contributed by atoms with E-state index >= 15 is 0 Å². The fourth-order valence-corrected chi connectivity index (χ4v) is 4.00. The van der Waals surface area contributed by atoms with Crippen molar-refractivity contribution in [2.24, 2.45) is 0 Å². The molecule has 6 heteroatoms. The predicted molar refractivity (Wildman–Crippen MR) is 122 cm³/mol. The number of nitrogens with zero attached hydrogens (tertiary/aromatic N) is 2. The van der Waals surface area contributed by atoms with E-state index < -0.39 is 0 Å². The quantitative estimate of drug-likeness (QED) is 0.550. The van der Waals surface area contributed by atoms with E-state index in [2.05, 4.69) is 63.4 Å². The van der Waals surface area contributed by atoms with Crippen molar-refractivity contribution in [3.05, 3.63) is 58.6 Å². The van der Waals surface area contributed by atoms with Crippen LogP contribution < -0.4 is 15.0 Å². The van der Waals surface area contributed by atoms with Crippen LogP contribution in [-0.2, 0) is 11.3 Å². The molecule has 29 heavy (non-hydrogen) atoms. The molecule has 1 atom stereocenters. The van der Waals surface area contributed by atoms with Gasteiger partial charge in [0.25, 0.3) is 0 Å². The predicted octanol–water partition coefficient (Wildman–Crippen LogP) is 5.23. The van der Waals surface area contributed by atoms with Gasteiger partial charge in [0.2, 0.25) is 0 Å². The van der Waals surface area contributed by atoms with Gasteiger partial charge in [-0.05, 0) is 48.4 Å². The highest BCUT2D eigenvalue weighted by Gasteiger charge is 2.22. The Hall–Kier alpha value is -2.31. The Morgan fingerprint density at radius 1 is 1.21 bits per heavy atom. The molecule has 4 rings (SSSR count). The standard InChI is InChI=1S/C23H26BrN3O2/c1-3-19-15-27(10-11-29-19)22-13-17-12-18(24)6-9-21(17)26-23(22)25-14-16-4-7-20(28-2)8-5-16/h4-9,12-13,19H,3,10-11,14-15H2,1-2H3,(H,25,26). The van der Waals surface area contributed by atoms with Gasteiger partial charge in [-0.3, -0.25) is 0 Å². The van der Waals surface area contributed by atoms with E-state index in [0.29, 0.717) is 6.54 Å². The lowest BCUT2D eigenvalue weighted by Crippen LogP contribution is -2.42. The molecule has 3 aromatic rings. The van der Waals surface area contributed by atoms with Crippen molar-refractivity contribution in [1.29, 1.82) is 0 Å². The van der Waals surface area contributed by atoms with Crippen LogP contribution in [0, 0.1) is 0 Å². The summed E-state index contributed by atoms with van der Waals surface area (Å²) in [5, 5.41) is 4.69. The van der Waals surface area contributed by atoms with Gasteiger partial charge in [-0.15, -0.1) is 0 Å². The fraction of sp³-hybridized carbons (Fsp3) is 0.348. The number of halogens is 1. The third-order valence-electron chi connectivity index (χ3n) is 5.31. The number of aromatic nitrogens is 1. The van der Waals surface area contributed by atoms with Crippen molar-refractivity contribution in [2.75, 3.05) is 37.0 Å².